The maximum Gasteiger partial charge on any atom is 0.163 e. The van der Waals surface area contributed by atoms with Crippen LogP contribution in [0.2, 0.25) is 0 Å². The summed E-state index contributed by atoms with van der Waals surface area (Å²) >= 11 is 0. The molecule has 1 aromatic rings. The van der Waals surface area contributed by atoms with Crippen molar-refractivity contribution in [3.63, 3.8) is 0 Å². The van der Waals surface area contributed by atoms with Gasteiger partial charge in [-0.2, -0.15) is 0 Å². The van der Waals surface area contributed by atoms with Crippen LogP contribution >= 0.6 is 0 Å². The third kappa shape index (κ3) is 3.36. The van der Waals surface area contributed by atoms with E-state index in [0.717, 1.165) is 32.4 Å². The van der Waals surface area contributed by atoms with Gasteiger partial charge < -0.3 is 10.1 Å². The molecule has 2 nitrogen and oxygen atoms in total. The summed E-state index contributed by atoms with van der Waals surface area (Å²) in [5.74, 6) is -1.25. The molecule has 112 valence electrons. The smallest absolute Gasteiger partial charge is 0.163 e. The molecule has 1 aliphatic rings. The minimum Gasteiger partial charge on any atom is -0.381 e. The molecular weight excluding hydrogens is 260 g/mol. The van der Waals surface area contributed by atoms with Gasteiger partial charge in [0.1, 0.15) is 0 Å². The number of halogens is 2. The molecule has 1 fully saturated rings. The molecule has 0 radical (unpaired) electrons. The molecular formula is C16H23F2NO. The Balaban J connectivity index is 2.27. The Morgan fingerprint density at radius 3 is 2.80 bits per heavy atom. The summed E-state index contributed by atoms with van der Waals surface area (Å²) in [5.41, 5.74) is 0.775. The van der Waals surface area contributed by atoms with Gasteiger partial charge in [0.15, 0.2) is 11.6 Å². The fourth-order valence-electron chi connectivity index (χ4n) is 2.76. The van der Waals surface area contributed by atoms with Gasteiger partial charge in [-0.05, 0) is 38.3 Å². The lowest BCUT2D eigenvalue weighted by Gasteiger charge is -2.31. The van der Waals surface area contributed by atoms with E-state index in [1.807, 2.05) is 0 Å². The van der Waals surface area contributed by atoms with Crippen LogP contribution in [-0.4, -0.2) is 19.8 Å². The Kier molecular flexibility index (Phi) is 5.49. The van der Waals surface area contributed by atoms with Crippen molar-refractivity contribution >= 4 is 0 Å². The van der Waals surface area contributed by atoms with Crippen molar-refractivity contribution in [3.05, 3.63) is 34.9 Å². The number of benzene rings is 1. The van der Waals surface area contributed by atoms with Crippen molar-refractivity contribution in [1.29, 1.82) is 0 Å². The van der Waals surface area contributed by atoms with Crippen LogP contribution in [0.5, 0.6) is 0 Å². The van der Waals surface area contributed by atoms with Crippen LogP contribution in [0.1, 0.15) is 43.4 Å². The van der Waals surface area contributed by atoms with Gasteiger partial charge in [-0.15, -0.1) is 0 Å². The molecule has 2 unspecified atom stereocenters. The average Bonchev–Trinajstić information content (AvgIpc) is 2.48. The number of aryl methyl sites for hydroxylation is 1. The SMILES string of the molecule is CCCNC(c1ccc(C)c(F)c1F)C1CCCOC1. The van der Waals surface area contributed by atoms with Crippen LogP contribution in [-0.2, 0) is 4.74 Å². The lowest BCUT2D eigenvalue weighted by molar-refractivity contribution is 0.0384. The van der Waals surface area contributed by atoms with Crippen LogP contribution < -0.4 is 5.32 Å². The predicted molar refractivity (Wildman–Crippen MR) is 75.7 cm³/mol. The lowest BCUT2D eigenvalue weighted by atomic mass is 9.88. The number of ether oxygens (including phenoxy) is 1. The molecule has 2 atom stereocenters. The van der Waals surface area contributed by atoms with Gasteiger partial charge in [-0.25, -0.2) is 8.78 Å². The largest absolute Gasteiger partial charge is 0.381 e. The van der Waals surface area contributed by atoms with Crippen molar-refractivity contribution < 1.29 is 13.5 Å². The summed E-state index contributed by atoms with van der Waals surface area (Å²) in [6, 6.07) is 3.18. The molecule has 0 saturated carbocycles. The minimum atomic E-state index is -0.734. The van der Waals surface area contributed by atoms with E-state index in [0.29, 0.717) is 17.7 Å². The highest BCUT2D eigenvalue weighted by Crippen LogP contribution is 2.31. The highest BCUT2D eigenvalue weighted by Gasteiger charge is 2.28. The molecule has 1 saturated heterocycles. The second-order valence-electron chi connectivity index (χ2n) is 5.51. The van der Waals surface area contributed by atoms with E-state index in [1.54, 1.807) is 19.1 Å². The quantitative estimate of drug-likeness (QED) is 0.889. The molecule has 2 rings (SSSR count). The first kappa shape index (κ1) is 15.4. The number of rotatable bonds is 5. The maximum absolute atomic E-state index is 14.2. The molecule has 20 heavy (non-hydrogen) atoms. The highest BCUT2D eigenvalue weighted by atomic mass is 19.2. The second kappa shape index (κ2) is 7.14. The van der Waals surface area contributed by atoms with E-state index in [1.165, 1.54) is 0 Å². The first-order valence-electron chi connectivity index (χ1n) is 7.40. The maximum atomic E-state index is 14.2. The zero-order chi connectivity index (χ0) is 14.5. The van der Waals surface area contributed by atoms with Crippen molar-refractivity contribution in [1.82, 2.24) is 5.32 Å². The summed E-state index contributed by atoms with van der Waals surface area (Å²) in [6.45, 7) is 5.81. The standard InChI is InChI=1S/C16H23F2NO/c1-3-8-19-16(12-5-4-9-20-10-12)13-7-6-11(2)14(17)15(13)18/h6-7,12,16,19H,3-5,8-10H2,1-2H3. The van der Waals surface area contributed by atoms with Gasteiger partial charge in [-0.1, -0.05) is 19.1 Å². The van der Waals surface area contributed by atoms with Crippen LogP contribution in [0, 0.1) is 24.5 Å². The third-order valence-corrected chi connectivity index (χ3v) is 3.92. The van der Waals surface area contributed by atoms with E-state index in [-0.39, 0.29) is 12.0 Å². The van der Waals surface area contributed by atoms with Crippen LogP contribution in [0.4, 0.5) is 8.78 Å². The predicted octanol–water partition coefficient (Wildman–Crippen LogP) is 3.74. The first-order chi connectivity index (χ1) is 9.65. The third-order valence-electron chi connectivity index (χ3n) is 3.92. The molecule has 0 spiro atoms. The van der Waals surface area contributed by atoms with Gasteiger partial charge in [0.05, 0.1) is 6.61 Å². The van der Waals surface area contributed by atoms with Crippen molar-refractivity contribution in [2.75, 3.05) is 19.8 Å². The number of nitrogens with one attached hydrogen (secondary N) is 1. The minimum absolute atomic E-state index is 0.176. The van der Waals surface area contributed by atoms with Gasteiger partial charge in [0.2, 0.25) is 0 Å². The van der Waals surface area contributed by atoms with Gasteiger partial charge in [0.25, 0.3) is 0 Å². The number of hydrogen-bond donors (Lipinski definition) is 1. The Hall–Kier alpha value is -1.00. The Morgan fingerprint density at radius 2 is 2.15 bits per heavy atom. The van der Waals surface area contributed by atoms with Crippen LogP contribution in [0.3, 0.4) is 0 Å². The zero-order valence-corrected chi connectivity index (χ0v) is 12.2. The Bertz CT molecular complexity index is 444. The number of hydrogen-bond acceptors (Lipinski definition) is 2. The summed E-state index contributed by atoms with van der Waals surface area (Å²) < 4.78 is 33.5. The fraction of sp³-hybridized carbons (Fsp3) is 0.625. The van der Waals surface area contributed by atoms with Crippen molar-refractivity contribution in [2.24, 2.45) is 5.92 Å². The Labute approximate surface area is 119 Å². The summed E-state index contributed by atoms with van der Waals surface area (Å²) in [6.07, 6.45) is 2.92. The molecule has 0 amide bonds. The van der Waals surface area contributed by atoms with Crippen LogP contribution in [0.25, 0.3) is 0 Å². The van der Waals surface area contributed by atoms with Gasteiger partial charge in [-0.3, -0.25) is 0 Å². The second-order valence-corrected chi connectivity index (χ2v) is 5.51. The average molecular weight is 283 g/mol. The van der Waals surface area contributed by atoms with E-state index >= 15 is 0 Å². The summed E-state index contributed by atoms with van der Waals surface area (Å²) in [7, 11) is 0. The van der Waals surface area contributed by atoms with E-state index in [9.17, 15) is 8.78 Å². The monoisotopic (exact) mass is 283 g/mol. The summed E-state index contributed by atoms with van der Waals surface area (Å²) in [5, 5.41) is 3.36. The van der Waals surface area contributed by atoms with Gasteiger partial charge >= 0.3 is 0 Å². The first-order valence-corrected chi connectivity index (χ1v) is 7.40. The highest BCUT2D eigenvalue weighted by molar-refractivity contribution is 5.28. The zero-order valence-electron chi connectivity index (χ0n) is 12.2. The van der Waals surface area contributed by atoms with E-state index < -0.39 is 11.6 Å². The molecule has 1 N–H and O–H groups in total. The molecule has 0 aromatic heterocycles. The fourth-order valence-corrected chi connectivity index (χ4v) is 2.76. The molecule has 0 bridgehead atoms. The topological polar surface area (TPSA) is 21.3 Å². The molecule has 0 aliphatic carbocycles. The molecule has 1 aromatic carbocycles. The van der Waals surface area contributed by atoms with Crippen molar-refractivity contribution in [2.45, 2.75) is 39.2 Å². The van der Waals surface area contributed by atoms with Crippen molar-refractivity contribution in [3.8, 4) is 0 Å². The van der Waals surface area contributed by atoms with Gasteiger partial charge in [0, 0.05) is 24.1 Å². The summed E-state index contributed by atoms with van der Waals surface area (Å²) in [4.78, 5) is 0. The normalized spacial score (nSPS) is 20.9. The Morgan fingerprint density at radius 1 is 1.35 bits per heavy atom. The molecule has 1 aliphatic heterocycles. The molecule has 1 heterocycles. The lowest BCUT2D eigenvalue weighted by Crippen LogP contribution is -2.34. The van der Waals surface area contributed by atoms with E-state index in [2.05, 4.69) is 12.2 Å². The molecule has 4 heteroatoms. The van der Waals surface area contributed by atoms with E-state index in [4.69, 9.17) is 4.74 Å². The van der Waals surface area contributed by atoms with Crippen LogP contribution in [0.15, 0.2) is 12.1 Å².